The van der Waals surface area contributed by atoms with E-state index in [9.17, 15) is 9.59 Å². The van der Waals surface area contributed by atoms with Gasteiger partial charge in [-0.05, 0) is 27.2 Å². The number of ether oxygens (including phenoxy) is 4. The summed E-state index contributed by atoms with van der Waals surface area (Å²) in [6, 6.07) is 0. The standard InChI is InChI=1S/C13H24O6/c1-5-6-8-16-13(15)19-11(4)7-9-17-12(14)18-10(2)3/h10-11H,5-9H2,1-4H3. The maximum Gasteiger partial charge on any atom is 0.508 e. The van der Waals surface area contributed by atoms with Gasteiger partial charge in [0.2, 0.25) is 0 Å². The third-order valence-electron chi connectivity index (χ3n) is 2.09. The van der Waals surface area contributed by atoms with Crippen LogP contribution in [0.2, 0.25) is 0 Å². The van der Waals surface area contributed by atoms with E-state index in [0.717, 1.165) is 12.8 Å². The first-order chi connectivity index (χ1) is 8.95. The Morgan fingerprint density at radius 1 is 0.947 bits per heavy atom. The Kier molecular flexibility index (Phi) is 9.66. The van der Waals surface area contributed by atoms with Crippen LogP contribution in [-0.4, -0.2) is 37.7 Å². The van der Waals surface area contributed by atoms with E-state index in [1.807, 2.05) is 6.92 Å². The van der Waals surface area contributed by atoms with Gasteiger partial charge in [-0.1, -0.05) is 13.3 Å². The van der Waals surface area contributed by atoms with Crippen LogP contribution in [-0.2, 0) is 18.9 Å². The van der Waals surface area contributed by atoms with E-state index in [0.29, 0.717) is 13.0 Å². The minimum absolute atomic E-state index is 0.134. The van der Waals surface area contributed by atoms with Gasteiger partial charge in [0.05, 0.1) is 19.3 Å². The van der Waals surface area contributed by atoms with E-state index < -0.39 is 12.3 Å². The van der Waals surface area contributed by atoms with Gasteiger partial charge in [0.15, 0.2) is 0 Å². The van der Waals surface area contributed by atoms with Crippen molar-refractivity contribution in [1.29, 1.82) is 0 Å². The van der Waals surface area contributed by atoms with Crippen molar-refractivity contribution in [2.75, 3.05) is 13.2 Å². The number of carbonyl (C=O) groups is 2. The lowest BCUT2D eigenvalue weighted by Gasteiger charge is -2.13. The fourth-order valence-electron chi connectivity index (χ4n) is 1.09. The molecule has 0 bridgehead atoms. The predicted octanol–water partition coefficient (Wildman–Crippen LogP) is 3.28. The van der Waals surface area contributed by atoms with Gasteiger partial charge in [-0.15, -0.1) is 0 Å². The Morgan fingerprint density at radius 2 is 1.53 bits per heavy atom. The predicted molar refractivity (Wildman–Crippen MR) is 69.0 cm³/mol. The third kappa shape index (κ3) is 11.4. The molecule has 0 amide bonds. The van der Waals surface area contributed by atoms with Gasteiger partial charge in [-0.2, -0.15) is 0 Å². The molecule has 19 heavy (non-hydrogen) atoms. The van der Waals surface area contributed by atoms with E-state index in [1.54, 1.807) is 20.8 Å². The first-order valence-electron chi connectivity index (χ1n) is 6.62. The average Bonchev–Trinajstić information content (AvgIpc) is 2.28. The molecule has 6 nitrogen and oxygen atoms in total. The number of hydrogen-bond acceptors (Lipinski definition) is 6. The van der Waals surface area contributed by atoms with Gasteiger partial charge in [-0.3, -0.25) is 0 Å². The summed E-state index contributed by atoms with van der Waals surface area (Å²) in [5.41, 5.74) is 0. The van der Waals surface area contributed by atoms with Crippen molar-refractivity contribution in [2.45, 2.75) is 59.2 Å². The van der Waals surface area contributed by atoms with Crippen LogP contribution in [0.25, 0.3) is 0 Å². The normalized spacial score (nSPS) is 11.8. The van der Waals surface area contributed by atoms with Crippen LogP contribution >= 0.6 is 0 Å². The summed E-state index contributed by atoms with van der Waals surface area (Å²) in [6.45, 7) is 7.68. The second-order valence-electron chi connectivity index (χ2n) is 4.43. The Labute approximate surface area is 114 Å². The summed E-state index contributed by atoms with van der Waals surface area (Å²) in [7, 11) is 0. The molecule has 1 unspecified atom stereocenters. The molecule has 0 saturated heterocycles. The van der Waals surface area contributed by atoms with Crippen LogP contribution in [0.4, 0.5) is 9.59 Å². The van der Waals surface area contributed by atoms with Crippen LogP contribution in [0, 0.1) is 0 Å². The minimum atomic E-state index is -0.715. The van der Waals surface area contributed by atoms with Crippen molar-refractivity contribution >= 4 is 12.3 Å². The highest BCUT2D eigenvalue weighted by Crippen LogP contribution is 2.02. The molecule has 0 aromatic carbocycles. The zero-order chi connectivity index (χ0) is 14.7. The number of hydrogen-bond donors (Lipinski definition) is 0. The summed E-state index contributed by atoms with van der Waals surface area (Å²) < 4.78 is 19.4. The van der Waals surface area contributed by atoms with Crippen molar-refractivity contribution in [3.05, 3.63) is 0 Å². The van der Waals surface area contributed by atoms with E-state index in [2.05, 4.69) is 0 Å². The molecule has 0 N–H and O–H groups in total. The first-order valence-corrected chi connectivity index (χ1v) is 6.62. The van der Waals surface area contributed by atoms with Crippen molar-refractivity contribution in [2.24, 2.45) is 0 Å². The van der Waals surface area contributed by atoms with Gasteiger partial charge < -0.3 is 18.9 Å². The maximum atomic E-state index is 11.2. The molecule has 0 rings (SSSR count). The molecular weight excluding hydrogens is 252 g/mol. The Bertz CT molecular complexity index is 264. The van der Waals surface area contributed by atoms with Crippen molar-refractivity contribution < 1.29 is 28.5 Å². The highest BCUT2D eigenvalue weighted by atomic mass is 16.7. The van der Waals surface area contributed by atoms with Crippen molar-refractivity contribution in [3.8, 4) is 0 Å². The monoisotopic (exact) mass is 276 g/mol. The largest absolute Gasteiger partial charge is 0.508 e. The molecule has 0 spiro atoms. The molecule has 0 radical (unpaired) electrons. The smallest absolute Gasteiger partial charge is 0.434 e. The lowest BCUT2D eigenvalue weighted by molar-refractivity contribution is 0.00744. The Balaban J connectivity index is 3.60. The number of unbranched alkanes of at least 4 members (excludes halogenated alkanes) is 1. The van der Waals surface area contributed by atoms with E-state index in [1.165, 1.54) is 0 Å². The molecule has 0 saturated carbocycles. The molecule has 0 aliphatic heterocycles. The quantitative estimate of drug-likeness (QED) is 0.500. The van der Waals surface area contributed by atoms with Crippen LogP contribution in [0.5, 0.6) is 0 Å². The van der Waals surface area contributed by atoms with Crippen molar-refractivity contribution in [3.63, 3.8) is 0 Å². The molecular formula is C13H24O6. The second-order valence-corrected chi connectivity index (χ2v) is 4.43. The molecule has 112 valence electrons. The maximum absolute atomic E-state index is 11.2. The van der Waals surface area contributed by atoms with Gasteiger partial charge >= 0.3 is 12.3 Å². The van der Waals surface area contributed by atoms with Crippen LogP contribution in [0.15, 0.2) is 0 Å². The van der Waals surface area contributed by atoms with Crippen LogP contribution < -0.4 is 0 Å². The second kappa shape index (κ2) is 10.5. The Hall–Kier alpha value is -1.46. The summed E-state index contributed by atoms with van der Waals surface area (Å²) in [5.74, 6) is 0. The van der Waals surface area contributed by atoms with Crippen LogP contribution in [0.1, 0.15) is 47.0 Å². The highest BCUT2D eigenvalue weighted by Gasteiger charge is 2.12. The SMILES string of the molecule is CCCCOC(=O)OC(C)CCOC(=O)OC(C)C. The lowest BCUT2D eigenvalue weighted by atomic mass is 10.3. The molecule has 6 heteroatoms. The molecule has 0 aliphatic rings. The summed E-state index contributed by atoms with van der Waals surface area (Å²) in [4.78, 5) is 22.2. The number of carbonyl (C=O) groups excluding carboxylic acids is 2. The van der Waals surface area contributed by atoms with Crippen LogP contribution in [0.3, 0.4) is 0 Å². The highest BCUT2D eigenvalue weighted by molar-refractivity contribution is 5.60. The summed E-state index contributed by atoms with van der Waals surface area (Å²) in [5, 5.41) is 0. The molecule has 0 aromatic rings. The van der Waals surface area contributed by atoms with E-state index >= 15 is 0 Å². The zero-order valence-electron chi connectivity index (χ0n) is 12.1. The molecule has 0 fully saturated rings. The van der Waals surface area contributed by atoms with Gasteiger partial charge in [0, 0.05) is 6.42 Å². The zero-order valence-corrected chi connectivity index (χ0v) is 12.1. The molecule has 0 heterocycles. The summed E-state index contributed by atoms with van der Waals surface area (Å²) >= 11 is 0. The molecule has 1 atom stereocenters. The molecule has 0 aromatic heterocycles. The fourth-order valence-corrected chi connectivity index (χ4v) is 1.09. The summed E-state index contributed by atoms with van der Waals surface area (Å²) in [6.07, 6.45) is 0.173. The van der Waals surface area contributed by atoms with E-state index in [-0.39, 0.29) is 18.8 Å². The molecule has 0 aliphatic carbocycles. The van der Waals surface area contributed by atoms with Gasteiger partial charge in [-0.25, -0.2) is 9.59 Å². The van der Waals surface area contributed by atoms with Crippen molar-refractivity contribution in [1.82, 2.24) is 0 Å². The first kappa shape index (κ1) is 17.5. The van der Waals surface area contributed by atoms with Gasteiger partial charge in [0.1, 0.15) is 6.10 Å². The van der Waals surface area contributed by atoms with Gasteiger partial charge in [0.25, 0.3) is 0 Å². The number of rotatable bonds is 8. The topological polar surface area (TPSA) is 71.1 Å². The Morgan fingerprint density at radius 3 is 2.11 bits per heavy atom. The lowest BCUT2D eigenvalue weighted by Crippen LogP contribution is -2.20. The minimum Gasteiger partial charge on any atom is -0.434 e. The average molecular weight is 276 g/mol. The third-order valence-corrected chi connectivity index (χ3v) is 2.09. The van der Waals surface area contributed by atoms with E-state index in [4.69, 9.17) is 18.9 Å². The fraction of sp³-hybridized carbons (Fsp3) is 0.846.